The van der Waals surface area contributed by atoms with Crippen LogP contribution in [0.4, 0.5) is 0 Å². The van der Waals surface area contributed by atoms with Crippen molar-refractivity contribution >= 4 is 21.4 Å². The Labute approximate surface area is 121 Å². The number of sulfone groups is 1. The van der Waals surface area contributed by atoms with Crippen molar-refractivity contribution in [3.05, 3.63) is 17.0 Å². The normalized spacial score (nSPS) is 14.1. The maximum atomic E-state index is 11.8. The zero-order chi connectivity index (χ0) is 14.8. The number of nitrogens with zero attached hydrogens (tertiary/aromatic N) is 2. The number of aromatic nitrogens is 2. The Morgan fingerprint density at radius 1 is 1.32 bits per heavy atom. The molecule has 1 aromatic heterocycles. The van der Waals surface area contributed by atoms with E-state index in [1.165, 1.54) is 0 Å². The Kier molecular flexibility index (Phi) is 5.44. The molecule has 0 aliphatic heterocycles. The summed E-state index contributed by atoms with van der Waals surface area (Å²) in [5.41, 5.74) is 2.89. The molecule has 0 spiro atoms. The van der Waals surface area contributed by atoms with Gasteiger partial charge in [-0.15, -0.1) is 11.6 Å². The number of rotatable bonds is 6. The maximum Gasteiger partial charge on any atom is 0.154 e. The summed E-state index contributed by atoms with van der Waals surface area (Å²) < 4.78 is 25.4. The summed E-state index contributed by atoms with van der Waals surface area (Å²) in [4.78, 5) is 0. The third-order valence-electron chi connectivity index (χ3n) is 3.41. The fraction of sp³-hybridized carbons (Fsp3) is 0.769. The second-order valence-electron chi connectivity index (χ2n) is 5.10. The van der Waals surface area contributed by atoms with E-state index in [-0.39, 0.29) is 16.4 Å². The summed E-state index contributed by atoms with van der Waals surface area (Å²) in [5.74, 6) is 0.116. The summed E-state index contributed by atoms with van der Waals surface area (Å²) in [6.07, 6.45) is 0.833. The van der Waals surface area contributed by atoms with E-state index in [1.807, 2.05) is 20.8 Å². The fourth-order valence-electron chi connectivity index (χ4n) is 2.04. The molecule has 1 heterocycles. The van der Waals surface area contributed by atoms with Gasteiger partial charge in [0.1, 0.15) is 0 Å². The Bertz CT molecular complexity index is 535. The van der Waals surface area contributed by atoms with Gasteiger partial charge in [0.2, 0.25) is 0 Å². The molecule has 0 aliphatic carbocycles. The van der Waals surface area contributed by atoms with Crippen molar-refractivity contribution in [1.29, 1.82) is 0 Å². The zero-order valence-electron chi connectivity index (χ0n) is 12.3. The number of alkyl halides is 1. The molecule has 0 bridgehead atoms. The van der Waals surface area contributed by atoms with Gasteiger partial charge in [0, 0.05) is 11.3 Å². The van der Waals surface area contributed by atoms with Crippen LogP contribution in [0.2, 0.25) is 0 Å². The van der Waals surface area contributed by atoms with Crippen molar-refractivity contribution < 1.29 is 8.42 Å². The molecule has 6 heteroatoms. The van der Waals surface area contributed by atoms with Gasteiger partial charge in [-0.1, -0.05) is 6.92 Å². The van der Waals surface area contributed by atoms with Crippen molar-refractivity contribution in [2.45, 2.75) is 58.2 Å². The molecule has 0 aliphatic rings. The third kappa shape index (κ3) is 3.72. The van der Waals surface area contributed by atoms with Crippen LogP contribution in [0.3, 0.4) is 0 Å². The Hall–Kier alpha value is -0.550. The molecule has 0 N–H and O–H groups in total. The van der Waals surface area contributed by atoms with Gasteiger partial charge in [0.15, 0.2) is 9.84 Å². The number of hydrogen-bond acceptors (Lipinski definition) is 3. The highest BCUT2D eigenvalue weighted by Gasteiger charge is 2.20. The minimum Gasteiger partial charge on any atom is -0.268 e. The van der Waals surface area contributed by atoms with E-state index in [9.17, 15) is 8.42 Å². The SMILES string of the molecule is CCC(Cl)c1c(C)nn(CCS(=O)(=O)C(C)C)c1C. The predicted molar refractivity (Wildman–Crippen MR) is 79.5 cm³/mol. The molecule has 110 valence electrons. The lowest BCUT2D eigenvalue weighted by Gasteiger charge is -2.10. The molecule has 0 amide bonds. The van der Waals surface area contributed by atoms with Gasteiger partial charge in [0.05, 0.1) is 28.6 Å². The first-order chi connectivity index (χ1) is 8.70. The van der Waals surface area contributed by atoms with Crippen molar-refractivity contribution in [1.82, 2.24) is 9.78 Å². The molecular weight excluding hydrogens is 284 g/mol. The van der Waals surface area contributed by atoms with Crippen LogP contribution in [0, 0.1) is 13.8 Å². The van der Waals surface area contributed by atoms with Gasteiger partial charge in [0.25, 0.3) is 0 Å². The smallest absolute Gasteiger partial charge is 0.154 e. The topological polar surface area (TPSA) is 52.0 Å². The van der Waals surface area contributed by atoms with Gasteiger partial charge < -0.3 is 0 Å². The van der Waals surface area contributed by atoms with Crippen molar-refractivity contribution in [2.24, 2.45) is 0 Å². The van der Waals surface area contributed by atoms with E-state index in [0.717, 1.165) is 23.4 Å². The van der Waals surface area contributed by atoms with Crippen molar-refractivity contribution in [2.75, 3.05) is 5.75 Å². The highest BCUT2D eigenvalue weighted by atomic mass is 35.5. The molecule has 4 nitrogen and oxygen atoms in total. The lowest BCUT2D eigenvalue weighted by Crippen LogP contribution is -2.22. The number of halogens is 1. The first-order valence-corrected chi connectivity index (χ1v) is 8.75. The van der Waals surface area contributed by atoms with Crippen LogP contribution in [0.25, 0.3) is 0 Å². The molecule has 0 aromatic carbocycles. The molecule has 0 saturated carbocycles. The summed E-state index contributed by atoms with van der Waals surface area (Å²) in [7, 11) is -3.04. The molecule has 0 fully saturated rings. The van der Waals surface area contributed by atoms with Crippen LogP contribution in [-0.2, 0) is 16.4 Å². The van der Waals surface area contributed by atoms with Crippen LogP contribution >= 0.6 is 11.6 Å². The molecule has 19 heavy (non-hydrogen) atoms. The quantitative estimate of drug-likeness (QED) is 0.759. The highest BCUT2D eigenvalue weighted by Crippen LogP contribution is 2.29. The first kappa shape index (κ1) is 16.5. The van der Waals surface area contributed by atoms with E-state index >= 15 is 0 Å². The average Bonchev–Trinajstić information content (AvgIpc) is 2.61. The third-order valence-corrected chi connectivity index (χ3v) is 6.13. The average molecular weight is 307 g/mol. The largest absolute Gasteiger partial charge is 0.268 e. The number of hydrogen-bond donors (Lipinski definition) is 0. The monoisotopic (exact) mass is 306 g/mol. The molecule has 1 rings (SSSR count). The Morgan fingerprint density at radius 3 is 2.37 bits per heavy atom. The van der Waals surface area contributed by atoms with E-state index < -0.39 is 9.84 Å². The Morgan fingerprint density at radius 2 is 1.89 bits per heavy atom. The lowest BCUT2D eigenvalue weighted by atomic mass is 10.1. The molecule has 1 aromatic rings. The minimum atomic E-state index is -3.04. The molecule has 1 unspecified atom stereocenters. The summed E-state index contributed by atoms with van der Waals surface area (Å²) in [5, 5.41) is 4.00. The van der Waals surface area contributed by atoms with E-state index in [1.54, 1.807) is 18.5 Å². The van der Waals surface area contributed by atoms with Crippen LogP contribution in [0.1, 0.15) is 49.5 Å². The van der Waals surface area contributed by atoms with Crippen molar-refractivity contribution in [3.8, 4) is 0 Å². The van der Waals surface area contributed by atoms with Gasteiger partial charge in [-0.05, 0) is 34.1 Å². The van der Waals surface area contributed by atoms with E-state index in [2.05, 4.69) is 5.10 Å². The first-order valence-electron chi connectivity index (χ1n) is 6.60. The van der Waals surface area contributed by atoms with Crippen LogP contribution in [0.5, 0.6) is 0 Å². The summed E-state index contributed by atoms with van der Waals surface area (Å²) in [6.45, 7) is 9.68. The predicted octanol–water partition coefficient (Wildman–Crippen LogP) is 3.01. The standard InChI is InChI=1S/C13H23ClN2O2S/c1-6-12(14)13-10(4)15-16(11(13)5)7-8-19(17,18)9(2)3/h9,12H,6-8H2,1-5H3. The molecular formula is C13H23ClN2O2S. The van der Waals surface area contributed by atoms with Crippen LogP contribution < -0.4 is 0 Å². The second kappa shape index (κ2) is 6.27. The zero-order valence-corrected chi connectivity index (χ0v) is 13.8. The fourth-order valence-corrected chi connectivity index (χ4v) is 3.25. The number of aryl methyl sites for hydroxylation is 2. The van der Waals surface area contributed by atoms with E-state index in [0.29, 0.717) is 6.54 Å². The second-order valence-corrected chi connectivity index (χ2v) is 8.30. The molecule has 0 saturated heterocycles. The minimum absolute atomic E-state index is 0.0598. The van der Waals surface area contributed by atoms with Gasteiger partial charge in [-0.2, -0.15) is 5.10 Å². The highest BCUT2D eigenvalue weighted by molar-refractivity contribution is 7.91. The molecule has 1 atom stereocenters. The summed E-state index contributed by atoms with van der Waals surface area (Å²) >= 11 is 6.28. The van der Waals surface area contributed by atoms with Gasteiger partial charge in [-0.3, -0.25) is 4.68 Å². The van der Waals surface area contributed by atoms with Gasteiger partial charge >= 0.3 is 0 Å². The molecule has 0 radical (unpaired) electrons. The summed E-state index contributed by atoms with van der Waals surface area (Å²) in [6, 6.07) is 0. The van der Waals surface area contributed by atoms with Crippen LogP contribution in [-0.4, -0.2) is 29.2 Å². The van der Waals surface area contributed by atoms with Crippen molar-refractivity contribution in [3.63, 3.8) is 0 Å². The van der Waals surface area contributed by atoms with Crippen LogP contribution in [0.15, 0.2) is 0 Å². The van der Waals surface area contributed by atoms with Gasteiger partial charge in [-0.25, -0.2) is 8.42 Å². The maximum absolute atomic E-state index is 11.8. The van der Waals surface area contributed by atoms with E-state index in [4.69, 9.17) is 11.6 Å². The Balaban J connectivity index is 2.93. The lowest BCUT2D eigenvalue weighted by molar-refractivity contribution is 0.568.